The Morgan fingerprint density at radius 1 is 1.50 bits per heavy atom. The van der Waals surface area contributed by atoms with Crippen molar-refractivity contribution in [3.05, 3.63) is 6.08 Å². The first-order valence-corrected chi connectivity index (χ1v) is 2.31. The molecule has 0 aromatic rings. The quantitative estimate of drug-likeness (QED) is 0.387. The van der Waals surface area contributed by atoms with Gasteiger partial charge in [-0.05, 0) is 13.8 Å². The molecule has 8 heavy (non-hydrogen) atoms. The Labute approximate surface area is 48.2 Å². The zero-order valence-electron chi connectivity index (χ0n) is 4.97. The third-order valence-corrected chi connectivity index (χ3v) is 0.735. The molecule has 0 N–H and O–H groups in total. The van der Waals surface area contributed by atoms with Crippen molar-refractivity contribution in [3.8, 4) is 0 Å². The fraction of sp³-hybridized carbons (Fsp3) is 0.500. The van der Waals surface area contributed by atoms with Crippen LogP contribution in [-0.4, -0.2) is 12.2 Å². The van der Waals surface area contributed by atoms with Gasteiger partial charge in [-0.2, -0.15) is 0 Å². The minimum atomic E-state index is -0.637. The molecule has 0 heterocycles. The lowest BCUT2D eigenvalue weighted by molar-refractivity contribution is -0.112. The zero-order chi connectivity index (χ0) is 6.62. The van der Waals surface area contributed by atoms with E-state index in [0.717, 1.165) is 0 Å². The Morgan fingerprint density at radius 2 is 2.00 bits per heavy atom. The molecule has 0 radical (unpaired) electrons. The second kappa shape index (κ2) is 2.43. The van der Waals surface area contributed by atoms with Crippen molar-refractivity contribution in [3.63, 3.8) is 0 Å². The monoisotopic (exact) mass is 112 g/mol. The fourth-order valence-corrected chi connectivity index (χ4v) is 0.186. The van der Waals surface area contributed by atoms with Gasteiger partial charge in [-0.25, -0.2) is 4.79 Å². The normalized spacial score (nSPS) is 9.75. The van der Waals surface area contributed by atoms with Gasteiger partial charge in [0.2, 0.25) is 0 Å². The van der Waals surface area contributed by atoms with Crippen molar-refractivity contribution in [2.45, 2.75) is 13.8 Å². The van der Waals surface area contributed by atoms with E-state index in [-0.39, 0.29) is 0 Å². The van der Waals surface area contributed by atoms with Crippen molar-refractivity contribution in [1.29, 1.82) is 0 Å². The van der Waals surface area contributed by atoms with Gasteiger partial charge in [0.15, 0.2) is 0 Å². The summed E-state index contributed by atoms with van der Waals surface area (Å²) >= 11 is 0. The summed E-state index contributed by atoms with van der Waals surface area (Å²) in [4.78, 5) is 19.6. The van der Waals surface area contributed by atoms with Crippen molar-refractivity contribution >= 4 is 12.2 Å². The predicted molar refractivity (Wildman–Crippen MR) is 30.1 cm³/mol. The minimum Gasteiger partial charge on any atom is -0.302 e. The van der Waals surface area contributed by atoms with E-state index in [1.54, 1.807) is 19.8 Å². The van der Waals surface area contributed by atoms with E-state index < -0.39 is 5.41 Å². The lowest BCUT2D eigenvalue weighted by Crippen LogP contribution is -2.07. The number of hydrogen-bond donors (Lipinski definition) is 0. The van der Waals surface area contributed by atoms with Gasteiger partial charge in [0.1, 0.15) is 12.2 Å². The number of allylic oxidation sites excluding steroid dienone is 1. The molecule has 0 aliphatic rings. The van der Waals surface area contributed by atoms with Gasteiger partial charge < -0.3 is 4.79 Å². The molecule has 0 aliphatic heterocycles. The second-order valence-corrected chi connectivity index (χ2v) is 2.20. The number of rotatable bonds is 2. The Hall–Kier alpha value is -0.880. The number of carbonyl (C=O) groups excluding carboxylic acids is 2. The molecular formula is C6H8O2. The smallest absolute Gasteiger partial charge is 0.130 e. The van der Waals surface area contributed by atoms with Crippen LogP contribution >= 0.6 is 0 Å². The number of aldehydes is 1. The van der Waals surface area contributed by atoms with Crippen LogP contribution in [0, 0.1) is 5.41 Å². The van der Waals surface area contributed by atoms with E-state index >= 15 is 0 Å². The van der Waals surface area contributed by atoms with Gasteiger partial charge >= 0.3 is 0 Å². The van der Waals surface area contributed by atoms with E-state index in [2.05, 4.69) is 0 Å². The molecule has 0 atom stereocenters. The first-order valence-electron chi connectivity index (χ1n) is 2.31. The maximum atomic E-state index is 10.0. The lowest BCUT2D eigenvalue weighted by Gasteiger charge is -2.04. The van der Waals surface area contributed by atoms with E-state index in [9.17, 15) is 9.59 Å². The lowest BCUT2D eigenvalue weighted by atomic mass is 9.97. The molecule has 0 unspecified atom stereocenters. The van der Waals surface area contributed by atoms with Crippen LogP contribution in [0.5, 0.6) is 0 Å². The summed E-state index contributed by atoms with van der Waals surface area (Å²) in [7, 11) is 0. The van der Waals surface area contributed by atoms with Gasteiger partial charge in [-0.15, -0.1) is 0 Å². The van der Waals surface area contributed by atoms with Crippen LogP contribution in [0.1, 0.15) is 13.8 Å². The highest BCUT2D eigenvalue weighted by molar-refractivity contribution is 5.66. The second-order valence-electron chi connectivity index (χ2n) is 2.20. The topological polar surface area (TPSA) is 34.1 Å². The summed E-state index contributed by atoms with van der Waals surface area (Å²) in [6.07, 6.45) is 1.90. The standard InChI is InChI=1S/C6H8O2/c1-6(2,5-8)3-4-7/h3,5H,1-2H3. The van der Waals surface area contributed by atoms with Crippen LogP contribution in [-0.2, 0) is 9.59 Å². The van der Waals surface area contributed by atoms with Crippen molar-refractivity contribution in [1.82, 2.24) is 0 Å². The molecule has 0 amide bonds. The average molecular weight is 112 g/mol. The SMILES string of the molecule is CC(C)(C=O)C=C=O. The summed E-state index contributed by atoms with van der Waals surface area (Å²) in [6.45, 7) is 3.29. The molecule has 0 fully saturated rings. The molecule has 2 nitrogen and oxygen atoms in total. The maximum Gasteiger partial charge on any atom is 0.130 e. The zero-order valence-corrected chi connectivity index (χ0v) is 4.97. The highest BCUT2D eigenvalue weighted by atomic mass is 16.1. The largest absolute Gasteiger partial charge is 0.302 e. The van der Waals surface area contributed by atoms with Gasteiger partial charge in [0, 0.05) is 11.5 Å². The summed E-state index contributed by atoms with van der Waals surface area (Å²) in [5.74, 6) is 1.55. The van der Waals surface area contributed by atoms with E-state index in [4.69, 9.17) is 0 Å². The fourth-order valence-electron chi connectivity index (χ4n) is 0.186. The first-order chi connectivity index (χ1) is 3.62. The van der Waals surface area contributed by atoms with Crippen LogP contribution in [0.15, 0.2) is 6.08 Å². The summed E-state index contributed by atoms with van der Waals surface area (Å²) in [5, 5.41) is 0. The molecule has 0 aromatic carbocycles. The predicted octanol–water partition coefficient (Wildman–Crippen LogP) is 0.599. The number of hydrogen-bond acceptors (Lipinski definition) is 2. The van der Waals surface area contributed by atoms with Crippen LogP contribution in [0.2, 0.25) is 0 Å². The van der Waals surface area contributed by atoms with Gasteiger partial charge in [0.25, 0.3) is 0 Å². The molecule has 0 aromatic heterocycles. The molecule has 0 saturated carbocycles. The molecule has 0 saturated heterocycles. The first kappa shape index (κ1) is 7.12. The molecule has 0 bridgehead atoms. The maximum absolute atomic E-state index is 10.0. The Bertz CT molecular complexity index is 129. The van der Waals surface area contributed by atoms with Gasteiger partial charge in [0.05, 0.1) is 0 Å². The Morgan fingerprint density at radius 3 is 2.12 bits per heavy atom. The van der Waals surface area contributed by atoms with Crippen LogP contribution < -0.4 is 0 Å². The summed E-state index contributed by atoms with van der Waals surface area (Å²) < 4.78 is 0. The summed E-state index contributed by atoms with van der Waals surface area (Å²) in [5.41, 5.74) is -0.637. The highest BCUT2D eigenvalue weighted by Crippen LogP contribution is 2.09. The van der Waals surface area contributed by atoms with Crippen LogP contribution in [0.3, 0.4) is 0 Å². The van der Waals surface area contributed by atoms with Crippen molar-refractivity contribution < 1.29 is 9.59 Å². The Kier molecular flexibility index (Phi) is 2.17. The van der Waals surface area contributed by atoms with E-state index in [1.807, 2.05) is 0 Å². The van der Waals surface area contributed by atoms with Crippen LogP contribution in [0.4, 0.5) is 0 Å². The third-order valence-electron chi connectivity index (χ3n) is 0.735. The number of carbonyl (C=O) groups is 1. The molecule has 44 valence electrons. The van der Waals surface area contributed by atoms with E-state index in [0.29, 0.717) is 6.29 Å². The summed E-state index contributed by atoms with van der Waals surface area (Å²) in [6, 6.07) is 0. The Balaban J connectivity index is 4.11. The third kappa shape index (κ3) is 2.32. The average Bonchev–Trinajstić information content (AvgIpc) is 1.67. The van der Waals surface area contributed by atoms with Gasteiger partial charge in [-0.1, -0.05) is 0 Å². The molecule has 0 aliphatic carbocycles. The molecule has 0 spiro atoms. The highest BCUT2D eigenvalue weighted by Gasteiger charge is 2.10. The van der Waals surface area contributed by atoms with Crippen LogP contribution in [0.25, 0.3) is 0 Å². The molecular weight excluding hydrogens is 104 g/mol. The van der Waals surface area contributed by atoms with Gasteiger partial charge in [-0.3, -0.25) is 0 Å². The minimum absolute atomic E-state index is 0.637. The van der Waals surface area contributed by atoms with Crippen molar-refractivity contribution in [2.75, 3.05) is 0 Å². The molecule has 0 rings (SSSR count). The van der Waals surface area contributed by atoms with E-state index in [1.165, 1.54) is 6.08 Å². The van der Waals surface area contributed by atoms with Crippen molar-refractivity contribution in [2.24, 2.45) is 5.41 Å². The molecule has 2 heteroatoms.